The van der Waals surface area contributed by atoms with Crippen molar-refractivity contribution in [2.45, 2.75) is 31.6 Å². The average Bonchev–Trinajstić information content (AvgIpc) is 3.00. The van der Waals surface area contributed by atoms with Crippen molar-refractivity contribution in [3.8, 4) is 0 Å². The van der Waals surface area contributed by atoms with Gasteiger partial charge in [0.2, 0.25) is 0 Å². The van der Waals surface area contributed by atoms with Crippen LogP contribution in [0.2, 0.25) is 0 Å². The second-order valence-electron chi connectivity index (χ2n) is 5.97. The lowest BCUT2D eigenvalue weighted by Gasteiger charge is -2.11. The highest BCUT2D eigenvalue weighted by Gasteiger charge is 2.06. The van der Waals surface area contributed by atoms with Crippen LogP contribution in [0, 0.1) is 6.92 Å². The van der Waals surface area contributed by atoms with Crippen molar-refractivity contribution in [2.24, 2.45) is 4.99 Å². The van der Waals surface area contributed by atoms with Crippen molar-refractivity contribution in [1.29, 1.82) is 0 Å². The molecule has 0 bridgehead atoms. The maximum absolute atomic E-state index is 11.5. The standard InChI is InChI=1S/C18H26N4O2S2.HI/c1-4-19-18(21-12-10-17-22-13-14(2)25-17)20-11-9-15-5-7-16(8-6-15)26(3,23)24;/h5-8,13H,4,9-12H2,1-3H3,(H2,19,20,21);1H. The first-order chi connectivity index (χ1) is 12.4. The maximum atomic E-state index is 11.5. The Morgan fingerprint density at radius 3 is 2.44 bits per heavy atom. The van der Waals surface area contributed by atoms with Gasteiger partial charge in [-0.25, -0.2) is 13.4 Å². The van der Waals surface area contributed by atoms with E-state index >= 15 is 0 Å². The summed E-state index contributed by atoms with van der Waals surface area (Å²) in [7, 11) is -3.14. The quantitative estimate of drug-likeness (QED) is 0.317. The number of thiazole rings is 1. The van der Waals surface area contributed by atoms with Crippen LogP contribution in [0.5, 0.6) is 0 Å². The number of rotatable bonds is 8. The first-order valence-corrected chi connectivity index (χ1v) is 11.3. The molecule has 1 aromatic carbocycles. The van der Waals surface area contributed by atoms with Crippen LogP contribution < -0.4 is 10.6 Å². The third kappa shape index (κ3) is 8.56. The molecule has 2 N–H and O–H groups in total. The van der Waals surface area contributed by atoms with Crippen LogP contribution in [-0.4, -0.2) is 45.3 Å². The molecule has 6 nitrogen and oxygen atoms in total. The predicted octanol–water partition coefficient (Wildman–Crippen LogP) is 2.81. The fraction of sp³-hybridized carbons (Fsp3) is 0.444. The Hall–Kier alpha value is -1.20. The van der Waals surface area contributed by atoms with Crippen molar-refractivity contribution in [2.75, 3.05) is 25.9 Å². The topological polar surface area (TPSA) is 83.4 Å². The molecule has 9 heteroatoms. The second kappa shape index (κ2) is 11.6. The molecule has 0 atom stereocenters. The van der Waals surface area contributed by atoms with Gasteiger partial charge in [-0.05, 0) is 38.0 Å². The normalized spacial score (nSPS) is 11.7. The highest BCUT2D eigenvalue weighted by atomic mass is 127. The number of guanidine groups is 1. The number of nitrogens with one attached hydrogen (secondary N) is 2. The van der Waals surface area contributed by atoms with Crippen molar-refractivity contribution in [3.63, 3.8) is 0 Å². The van der Waals surface area contributed by atoms with Crippen LogP contribution in [-0.2, 0) is 22.7 Å². The molecule has 1 aromatic heterocycles. The van der Waals surface area contributed by atoms with Gasteiger partial charge in [-0.1, -0.05) is 12.1 Å². The number of hydrogen-bond acceptors (Lipinski definition) is 5. The number of aryl methyl sites for hydroxylation is 1. The summed E-state index contributed by atoms with van der Waals surface area (Å²) in [5, 5.41) is 7.65. The Kier molecular flexibility index (Phi) is 10.2. The smallest absolute Gasteiger partial charge is 0.191 e. The number of aliphatic imine (C=N–C) groups is 1. The van der Waals surface area contributed by atoms with Gasteiger partial charge in [0.25, 0.3) is 0 Å². The van der Waals surface area contributed by atoms with Crippen molar-refractivity contribution < 1.29 is 8.42 Å². The summed E-state index contributed by atoms with van der Waals surface area (Å²) in [6, 6.07) is 7.01. The van der Waals surface area contributed by atoms with E-state index in [1.165, 1.54) is 11.1 Å². The molecule has 0 aliphatic heterocycles. The molecule has 2 rings (SSSR count). The number of hydrogen-bond donors (Lipinski definition) is 2. The molecule has 0 radical (unpaired) electrons. The van der Waals surface area contributed by atoms with Gasteiger partial charge in [-0.3, -0.25) is 4.99 Å². The summed E-state index contributed by atoms with van der Waals surface area (Å²) >= 11 is 1.71. The van der Waals surface area contributed by atoms with Gasteiger partial charge >= 0.3 is 0 Å². The van der Waals surface area contributed by atoms with Crippen LogP contribution in [0.3, 0.4) is 0 Å². The van der Waals surface area contributed by atoms with Crippen LogP contribution in [0.1, 0.15) is 22.4 Å². The van der Waals surface area contributed by atoms with Crippen LogP contribution in [0.25, 0.3) is 0 Å². The highest BCUT2D eigenvalue weighted by Crippen LogP contribution is 2.12. The lowest BCUT2D eigenvalue weighted by Crippen LogP contribution is -2.38. The largest absolute Gasteiger partial charge is 0.357 e. The van der Waals surface area contributed by atoms with Gasteiger partial charge in [-0.15, -0.1) is 35.3 Å². The molecular weight excluding hydrogens is 495 g/mol. The fourth-order valence-corrected chi connectivity index (χ4v) is 3.76. The molecule has 0 aliphatic rings. The fourth-order valence-electron chi connectivity index (χ4n) is 2.35. The highest BCUT2D eigenvalue weighted by molar-refractivity contribution is 14.0. The molecule has 0 amide bonds. The Labute approximate surface area is 182 Å². The molecule has 0 spiro atoms. The molecule has 27 heavy (non-hydrogen) atoms. The van der Waals surface area contributed by atoms with Gasteiger partial charge in [-0.2, -0.15) is 0 Å². The molecule has 0 saturated carbocycles. The summed E-state index contributed by atoms with van der Waals surface area (Å²) < 4.78 is 23.0. The van der Waals surface area contributed by atoms with Gasteiger partial charge in [0.15, 0.2) is 15.8 Å². The number of nitrogens with zero attached hydrogens (tertiary/aromatic N) is 2. The summed E-state index contributed by atoms with van der Waals surface area (Å²) in [5.74, 6) is 0.786. The van der Waals surface area contributed by atoms with E-state index in [1.54, 1.807) is 23.5 Å². The summed E-state index contributed by atoms with van der Waals surface area (Å²) in [5.41, 5.74) is 1.08. The molecule has 0 unspecified atom stereocenters. The molecule has 1 heterocycles. The van der Waals surface area contributed by atoms with E-state index in [1.807, 2.05) is 25.3 Å². The number of halogens is 1. The summed E-state index contributed by atoms with van der Waals surface area (Å²) in [6.45, 7) is 6.29. The van der Waals surface area contributed by atoms with E-state index in [9.17, 15) is 8.42 Å². The van der Waals surface area contributed by atoms with E-state index < -0.39 is 9.84 Å². The molecular formula is C18H27IN4O2S2. The zero-order valence-corrected chi connectivity index (χ0v) is 19.8. The maximum Gasteiger partial charge on any atom is 0.191 e. The molecule has 2 aromatic rings. The Balaban J connectivity index is 0.00000364. The van der Waals surface area contributed by atoms with Crippen molar-refractivity contribution in [1.82, 2.24) is 15.6 Å². The number of aromatic nitrogens is 1. The second-order valence-corrected chi connectivity index (χ2v) is 9.30. The van der Waals surface area contributed by atoms with E-state index in [2.05, 4.69) is 27.5 Å². The zero-order valence-electron chi connectivity index (χ0n) is 15.9. The van der Waals surface area contributed by atoms with E-state index in [0.717, 1.165) is 42.5 Å². The Morgan fingerprint density at radius 1 is 1.19 bits per heavy atom. The monoisotopic (exact) mass is 522 g/mol. The molecule has 0 aliphatic carbocycles. The third-order valence-electron chi connectivity index (χ3n) is 3.67. The first-order valence-electron chi connectivity index (χ1n) is 8.61. The van der Waals surface area contributed by atoms with E-state index in [-0.39, 0.29) is 24.0 Å². The SMILES string of the molecule is CCNC(=NCCc1ncc(C)s1)NCCc1ccc(S(C)(=O)=O)cc1.I. The molecule has 0 saturated heterocycles. The minimum atomic E-state index is -3.14. The molecule has 0 fully saturated rings. The minimum absolute atomic E-state index is 0. The minimum Gasteiger partial charge on any atom is -0.357 e. The first kappa shape index (κ1) is 23.8. The predicted molar refractivity (Wildman–Crippen MR) is 123 cm³/mol. The van der Waals surface area contributed by atoms with E-state index in [0.29, 0.717) is 11.4 Å². The van der Waals surface area contributed by atoms with Gasteiger partial charge in [0, 0.05) is 43.4 Å². The van der Waals surface area contributed by atoms with Gasteiger partial charge in [0.05, 0.1) is 9.90 Å². The van der Waals surface area contributed by atoms with Gasteiger partial charge < -0.3 is 10.6 Å². The average molecular weight is 522 g/mol. The Bertz CT molecular complexity index is 833. The summed E-state index contributed by atoms with van der Waals surface area (Å²) in [6.07, 6.45) is 4.74. The van der Waals surface area contributed by atoms with Crippen molar-refractivity contribution >= 4 is 51.1 Å². The molecule has 150 valence electrons. The Morgan fingerprint density at radius 2 is 1.89 bits per heavy atom. The van der Waals surface area contributed by atoms with Gasteiger partial charge in [0.1, 0.15) is 0 Å². The van der Waals surface area contributed by atoms with Crippen LogP contribution in [0.4, 0.5) is 0 Å². The van der Waals surface area contributed by atoms with Crippen LogP contribution >= 0.6 is 35.3 Å². The lowest BCUT2D eigenvalue weighted by atomic mass is 10.1. The summed E-state index contributed by atoms with van der Waals surface area (Å²) in [4.78, 5) is 10.5. The lowest BCUT2D eigenvalue weighted by molar-refractivity contribution is 0.602. The van der Waals surface area contributed by atoms with Crippen molar-refractivity contribution in [3.05, 3.63) is 45.9 Å². The number of sulfone groups is 1. The van der Waals surface area contributed by atoms with Crippen LogP contribution in [0.15, 0.2) is 40.4 Å². The zero-order chi connectivity index (χ0) is 19.0. The number of benzene rings is 1. The third-order valence-corrected chi connectivity index (χ3v) is 5.77. The van der Waals surface area contributed by atoms with E-state index in [4.69, 9.17) is 0 Å².